The zero-order chi connectivity index (χ0) is 17.8. The number of ketones is 1. The molecular formula is C20H16N4O2. The first kappa shape index (κ1) is 16.0. The van der Waals surface area contributed by atoms with E-state index in [9.17, 15) is 4.79 Å². The minimum Gasteiger partial charge on any atom is -0.467 e. The van der Waals surface area contributed by atoms with Crippen molar-refractivity contribution in [2.75, 3.05) is 0 Å². The van der Waals surface area contributed by atoms with E-state index in [1.807, 2.05) is 60.7 Å². The topological polar surface area (TPSA) is 73.8 Å². The zero-order valence-electron chi connectivity index (χ0n) is 13.9. The largest absolute Gasteiger partial charge is 0.467 e. The molecule has 0 bridgehead atoms. The van der Waals surface area contributed by atoms with Crippen molar-refractivity contribution in [1.29, 1.82) is 0 Å². The van der Waals surface area contributed by atoms with Gasteiger partial charge in [-0.1, -0.05) is 36.4 Å². The van der Waals surface area contributed by atoms with Gasteiger partial charge in [0.15, 0.2) is 5.82 Å². The summed E-state index contributed by atoms with van der Waals surface area (Å²) >= 11 is 0. The maximum Gasteiger partial charge on any atom is 0.204 e. The smallest absolute Gasteiger partial charge is 0.204 e. The Morgan fingerprint density at radius 3 is 2.54 bits per heavy atom. The molecule has 0 unspecified atom stereocenters. The highest BCUT2D eigenvalue weighted by Crippen LogP contribution is 2.19. The second-order valence-electron chi connectivity index (χ2n) is 5.81. The number of aromatic nitrogens is 4. The Morgan fingerprint density at radius 2 is 1.81 bits per heavy atom. The summed E-state index contributed by atoms with van der Waals surface area (Å²) in [6.07, 6.45) is 3.55. The molecule has 26 heavy (non-hydrogen) atoms. The van der Waals surface area contributed by atoms with Crippen LogP contribution in [0.5, 0.6) is 0 Å². The first-order valence-electron chi connectivity index (χ1n) is 8.25. The number of carbonyl (C=O) groups is 1. The van der Waals surface area contributed by atoms with Crippen LogP contribution in [-0.4, -0.2) is 25.5 Å². The van der Waals surface area contributed by atoms with Crippen LogP contribution in [0, 0.1) is 0 Å². The number of furan rings is 1. The van der Waals surface area contributed by atoms with Crippen molar-refractivity contribution in [1.82, 2.24) is 19.7 Å². The van der Waals surface area contributed by atoms with E-state index in [1.165, 1.54) is 0 Å². The van der Waals surface area contributed by atoms with E-state index in [2.05, 4.69) is 15.2 Å². The maximum atomic E-state index is 12.8. The number of pyridine rings is 1. The highest BCUT2D eigenvalue weighted by atomic mass is 16.3. The predicted molar refractivity (Wildman–Crippen MR) is 95.5 cm³/mol. The first-order valence-corrected chi connectivity index (χ1v) is 8.25. The number of rotatable bonds is 6. The average molecular weight is 344 g/mol. The van der Waals surface area contributed by atoms with Gasteiger partial charge in [-0.3, -0.25) is 14.3 Å². The molecule has 3 aromatic heterocycles. The molecule has 4 rings (SSSR count). The van der Waals surface area contributed by atoms with Crippen molar-refractivity contribution in [3.8, 4) is 11.5 Å². The third-order valence-electron chi connectivity index (χ3n) is 4.00. The number of hydrogen-bond donors (Lipinski definition) is 0. The fourth-order valence-corrected chi connectivity index (χ4v) is 2.76. The van der Waals surface area contributed by atoms with E-state index >= 15 is 0 Å². The summed E-state index contributed by atoms with van der Waals surface area (Å²) in [5.74, 6) is 1.46. The quantitative estimate of drug-likeness (QED) is 0.501. The second-order valence-corrected chi connectivity index (χ2v) is 5.81. The van der Waals surface area contributed by atoms with Crippen molar-refractivity contribution in [3.05, 3.63) is 90.3 Å². The lowest BCUT2D eigenvalue weighted by Gasteiger charge is -2.08. The minimum absolute atomic E-state index is 0.0996. The summed E-state index contributed by atoms with van der Waals surface area (Å²) in [6.45, 7) is 0.363. The Balaban J connectivity index is 1.72. The van der Waals surface area contributed by atoms with E-state index in [0.29, 0.717) is 23.9 Å². The van der Waals surface area contributed by atoms with Gasteiger partial charge in [-0.05, 0) is 29.8 Å². The van der Waals surface area contributed by atoms with Gasteiger partial charge in [0, 0.05) is 12.6 Å². The SMILES string of the molecule is O=C(Cc1ccccc1)c1nnc(-c2ccccn2)n1Cc1ccco1. The van der Waals surface area contributed by atoms with E-state index in [0.717, 1.165) is 11.3 Å². The van der Waals surface area contributed by atoms with Crippen LogP contribution in [-0.2, 0) is 13.0 Å². The van der Waals surface area contributed by atoms with Crippen LogP contribution < -0.4 is 0 Å². The van der Waals surface area contributed by atoms with Gasteiger partial charge in [-0.15, -0.1) is 10.2 Å². The Bertz CT molecular complexity index is 993. The molecule has 4 aromatic rings. The molecule has 0 spiro atoms. The van der Waals surface area contributed by atoms with E-state index in [-0.39, 0.29) is 12.2 Å². The minimum atomic E-state index is -0.0996. The number of hydrogen-bond acceptors (Lipinski definition) is 5. The summed E-state index contributed by atoms with van der Waals surface area (Å²) < 4.78 is 7.20. The van der Waals surface area contributed by atoms with Crippen LogP contribution in [0.4, 0.5) is 0 Å². The Labute approximate surface area is 150 Å². The predicted octanol–water partition coefficient (Wildman–Crippen LogP) is 3.41. The number of nitrogens with zero attached hydrogens (tertiary/aromatic N) is 4. The molecule has 0 atom stereocenters. The molecule has 0 amide bonds. The molecule has 0 fully saturated rings. The maximum absolute atomic E-state index is 12.8. The molecule has 0 aliphatic rings. The van der Waals surface area contributed by atoms with Gasteiger partial charge in [0.2, 0.25) is 11.6 Å². The molecule has 6 heteroatoms. The van der Waals surface area contributed by atoms with Gasteiger partial charge in [0.1, 0.15) is 11.5 Å². The lowest BCUT2D eigenvalue weighted by molar-refractivity contribution is 0.0979. The molecule has 1 aromatic carbocycles. The van der Waals surface area contributed by atoms with E-state index in [4.69, 9.17) is 4.42 Å². The summed E-state index contributed by atoms with van der Waals surface area (Å²) in [4.78, 5) is 17.2. The fraction of sp³-hybridized carbons (Fsp3) is 0.100. The van der Waals surface area contributed by atoms with Crippen LogP contribution in [0.25, 0.3) is 11.5 Å². The van der Waals surface area contributed by atoms with Gasteiger partial charge < -0.3 is 4.42 Å². The third kappa shape index (κ3) is 3.30. The molecule has 128 valence electrons. The monoisotopic (exact) mass is 344 g/mol. The van der Waals surface area contributed by atoms with Gasteiger partial charge in [0.25, 0.3) is 0 Å². The van der Waals surface area contributed by atoms with Crippen molar-refractivity contribution in [3.63, 3.8) is 0 Å². The molecular weight excluding hydrogens is 328 g/mol. The van der Waals surface area contributed by atoms with Gasteiger partial charge >= 0.3 is 0 Å². The Kier molecular flexibility index (Phi) is 4.38. The average Bonchev–Trinajstić information content (AvgIpc) is 3.34. The summed E-state index contributed by atoms with van der Waals surface area (Å²) in [5, 5.41) is 8.37. The molecule has 0 N–H and O–H groups in total. The molecule has 0 aliphatic carbocycles. The molecule has 6 nitrogen and oxygen atoms in total. The van der Waals surface area contributed by atoms with Crippen LogP contribution >= 0.6 is 0 Å². The molecule has 0 radical (unpaired) electrons. The normalized spacial score (nSPS) is 10.8. The molecule has 0 saturated carbocycles. The lowest BCUT2D eigenvalue weighted by Crippen LogP contribution is -2.14. The van der Waals surface area contributed by atoms with Crippen LogP contribution in [0.2, 0.25) is 0 Å². The number of carbonyl (C=O) groups excluding carboxylic acids is 1. The van der Waals surface area contributed by atoms with Crippen molar-refractivity contribution >= 4 is 5.78 Å². The zero-order valence-corrected chi connectivity index (χ0v) is 13.9. The van der Waals surface area contributed by atoms with E-state index in [1.54, 1.807) is 17.0 Å². The van der Waals surface area contributed by atoms with E-state index < -0.39 is 0 Å². The summed E-state index contributed by atoms with van der Waals surface area (Å²) in [5.41, 5.74) is 1.59. The molecule has 0 saturated heterocycles. The van der Waals surface area contributed by atoms with Gasteiger partial charge in [-0.2, -0.15) is 0 Å². The van der Waals surface area contributed by atoms with Crippen molar-refractivity contribution < 1.29 is 9.21 Å². The van der Waals surface area contributed by atoms with Crippen LogP contribution in [0.15, 0.2) is 77.5 Å². The Morgan fingerprint density at radius 1 is 0.962 bits per heavy atom. The number of Topliss-reactive ketones (excluding diaryl/α,β-unsaturated/α-hetero) is 1. The summed E-state index contributed by atoms with van der Waals surface area (Å²) in [6, 6.07) is 18.8. The Hall–Kier alpha value is -3.54. The van der Waals surface area contributed by atoms with Crippen LogP contribution in [0.1, 0.15) is 21.9 Å². The second kappa shape index (κ2) is 7.14. The highest BCUT2D eigenvalue weighted by Gasteiger charge is 2.21. The number of benzene rings is 1. The first-order chi connectivity index (χ1) is 12.8. The lowest BCUT2D eigenvalue weighted by atomic mass is 10.1. The van der Waals surface area contributed by atoms with Gasteiger partial charge in [-0.25, -0.2) is 0 Å². The fourth-order valence-electron chi connectivity index (χ4n) is 2.76. The standard InChI is InChI=1S/C20H16N4O2/c25-18(13-15-7-2-1-3-8-15)20-23-22-19(17-10-4-5-11-21-17)24(20)14-16-9-6-12-26-16/h1-12H,13-14H2. The third-order valence-corrected chi connectivity index (χ3v) is 4.00. The van der Waals surface area contributed by atoms with Crippen molar-refractivity contribution in [2.45, 2.75) is 13.0 Å². The molecule has 0 aliphatic heterocycles. The molecule has 3 heterocycles. The van der Waals surface area contributed by atoms with Gasteiger partial charge in [0.05, 0.1) is 12.8 Å². The van der Waals surface area contributed by atoms with Crippen LogP contribution in [0.3, 0.4) is 0 Å². The van der Waals surface area contributed by atoms with Crippen molar-refractivity contribution in [2.24, 2.45) is 0 Å². The summed E-state index contributed by atoms with van der Waals surface area (Å²) in [7, 11) is 0. The highest BCUT2D eigenvalue weighted by molar-refractivity contribution is 5.94.